The number of fused-ring (bicyclic) bond motifs is 1. The Hall–Kier alpha value is -2.44. The lowest BCUT2D eigenvalue weighted by atomic mass is 10.1. The predicted molar refractivity (Wildman–Crippen MR) is 74.0 cm³/mol. The molecule has 0 bridgehead atoms. The van der Waals surface area contributed by atoms with Gasteiger partial charge in [0.2, 0.25) is 6.29 Å². The number of nitrogens with zero attached hydrogens (tertiary/aromatic N) is 1. The van der Waals surface area contributed by atoms with Crippen molar-refractivity contribution in [3.63, 3.8) is 0 Å². The molecule has 22 heavy (non-hydrogen) atoms. The number of ether oxygens (including phenoxy) is 2. The molecule has 1 aromatic carbocycles. The summed E-state index contributed by atoms with van der Waals surface area (Å²) in [4.78, 5) is 25.8. The van der Waals surface area contributed by atoms with Gasteiger partial charge in [-0.2, -0.15) is 0 Å². The maximum absolute atomic E-state index is 12.3. The molecule has 2 aromatic rings. The highest BCUT2D eigenvalue weighted by Gasteiger charge is 2.35. The predicted octanol–water partition coefficient (Wildman–Crippen LogP) is 2.12. The fourth-order valence-electron chi connectivity index (χ4n) is 2.67. The van der Waals surface area contributed by atoms with E-state index in [1.54, 1.807) is 36.4 Å². The van der Waals surface area contributed by atoms with Gasteiger partial charge in [-0.3, -0.25) is 14.5 Å². The summed E-state index contributed by atoms with van der Waals surface area (Å²) in [7, 11) is 0. The van der Waals surface area contributed by atoms with E-state index in [0.29, 0.717) is 35.9 Å². The first-order valence-corrected chi connectivity index (χ1v) is 7.01. The Morgan fingerprint density at radius 2 is 1.59 bits per heavy atom. The zero-order valence-corrected chi connectivity index (χ0v) is 11.7. The smallest absolute Gasteiger partial charge is 0.261 e. The van der Waals surface area contributed by atoms with Crippen molar-refractivity contribution in [1.82, 2.24) is 4.90 Å². The molecule has 1 aromatic heterocycles. The summed E-state index contributed by atoms with van der Waals surface area (Å²) in [5.74, 6) is 0.464. The van der Waals surface area contributed by atoms with Gasteiger partial charge in [0, 0.05) is 0 Å². The van der Waals surface area contributed by atoms with E-state index in [2.05, 4.69) is 0 Å². The number of hydrogen-bond donors (Lipinski definition) is 0. The Bertz CT molecular complexity index is 709. The van der Waals surface area contributed by atoms with Crippen LogP contribution in [0.5, 0.6) is 0 Å². The van der Waals surface area contributed by atoms with Crippen LogP contribution in [0.3, 0.4) is 0 Å². The quantitative estimate of drug-likeness (QED) is 0.812. The van der Waals surface area contributed by atoms with E-state index >= 15 is 0 Å². The fraction of sp³-hybridized carbons (Fsp3) is 0.250. The third-order valence-corrected chi connectivity index (χ3v) is 3.73. The van der Waals surface area contributed by atoms with Crippen LogP contribution in [0.2, 0.25) is 0 Å². The maximum Gasteiger partial charge on any atom is 0.261 e. The minimum absolute atomic E-state index is 0.0963. The van der Waals surface area contributed by atoms with E-state index in [1.165, 1.54) is 4.90 Å². The number of hydrogen-bond acceptors (Lipinski definition) is 5. The molecule has 0 spiro atoms. The number of carbonyl (C=O) groups excluding carboxylic acids is 2. The van der Waals surface area contributed by atoms with Crippen LogP contribution >= 0.6 is 0 Å². The van der Waals surface area contributed by atoms with E-state index in [0.717, 1.165) is 0 Å². The Balaban J connectivity index is 1.55. The van der Waals surface area contributed by atoms with Gasteiger partial charge in [-0.1, -0.05) is 12.1 Å². The molecule has 6 nitrogen and oxygen atoms in total. The van der Waals surface area contributed by atoms with Crippen molar-refractivity contribution in [1.29, 1.82) is 0 Å². The summed E-state index contributed by atoms with van der Waals surface area (Å²) in [5.41, 5.74) is 0.864. The lowest BCUT2D eigenvalue weighted by Gasteiger charge is -2.12. The largest absolute Gasteiger partial charge is 0.459 e. The molecule has 0 atom stereocenters. The van der Waals surface area contributed by atoms with Crippen LogP contribution in [-0.4, -0.2) is 29.9 Å². The van der Waals surface area contributed by atoms with Crippen molar-refractivity contribution in [2.45, 2.75) is 12.8 Å². The molecular weight excluding hydrogens is 286 g/mol. The molecule has 4 rings (SSSR count). The molecule has 1 saturated heterocycles. The molecule has 0 unspecified atom stereocenters. The van der Waals surface area contributed by atoms with Crippen molar-refractivity contribution in [2.24, 2.45) is 0 Å². The van der Waals surface area contributed by atoms with Gasteiger partial charge in [-0.15, -0.1) is 0 Å². The molecule has 0 radical (unpaired) electrons. The first-order valence-electron chi connectivity index (χ1n) is 7.01. The second kappa shape index (κ2) is 5.08. The molecule has 6 heteroatoms. The summed E-state index contributed by atoms with van der Waals surface area (Å²) in [6.07, 6.45) is -0.504. The summed E-state index contributed by atoms with van der Waals surface area (Å²) in [6.45, 7) is 1.15. The third kappa shape index (κ3) is 2.04. The van der Waals surface area contributed by atoms with E-state index in [4.69, 9.17) is 13.9 Å². The second-order valence-electron chi connectivity index (χ2n) is 5.12. The van der Waals surface area contributed by atoms with E-state index in [1.807, 2.05) is 0 Å². The fourth-order valence-corrected chi connectivity index (χ4v) is 2.67. The highest BCUT2D eigenvalue weighted by Crippen LogP contribution is 2.28. The van der Waals surface area contributed by atoms with Crippen LogP contribution in [0.4, 0.5) is 0 Å². The summed E-state index contributed by atoms with van der Waals surface area (Å²) >= 11 is 0. The van der Waals surface area contributed by atoms with Gasteiger partial charge in [0.15, 0.2) is 5.76 Å². The van der Waals surface area contributed by atoms with Crippen molar-refractivity contribution < 1.29 is 23.5 Å². The second-order valence-corrected chi connectivity index (χ2v) is 5.12. The Morgan fingerprint density at radius 1 is 0.955 bits per heavy atom. The summed E-state index contributed by atoms with van der Waals surface area (Å²) in [6, 6.07) is 10.3. The summed E-state index contributed by atoms with van der Waals surface area (Å²) < 4.78 is 16.3. The highest BCUT2D eigenvalue weighted by molar-refractivity contribution is 6.21. The molecule has 3 heterocycles. The van der Waals surface area contributed by atoms with E-state index < -0.39 is 6.29 Å². The van der Waals surface area contributed by atoms with Gasteiger partial charge in [0.25, 0.3) is 11.8 Å². The number of carbonyl (C=O) groups is 2. The number of benzene rings is 1. The van der Waals surface area contributed by atoms with Gasteiger partial charge in [-0.05, 0) is 24.3 Å². The maximum atomic E-state index is 12.3. The number of rotatable bonds is 3. The average Bonchev–Trinajstić information content (AvgIpc) is 3.25. The van der Waals surface area contributed by atoms with Crippen LogP contribution in [0, 0.1) is 0 Å². The zero-order valence-electron chi connectivity index (χ0n) is 11.7. The minimum atomic E-state index is -0.504. The highest BCUT2D eigenvalue weighted by atomic mass is 16.7. The van der Waals surface area contributed by atoms with Crippen LogP contribution in [0.15, 0.2) is 40.8 Å². The normalized spacial score (nSPS) is 18.3. The molecule has 0 N–H and O–H groups in total. The van der Waals surface area contributed by atoms with E-state index in [9.17, 15) is 9.59 Å². The van der Waals surface area contributed by atoms with Crippen LogP contribution < -0.4 is 0 Å². The van der Waals surface area contributed by atoms with Crippen LogP contribution in [0.25, 0.3) is 0 Å². The van der Waals surface area contributed by atoms with Crippen LogP contribution in [0.1, 0.15) is 38.5 Å². The van der Waals surface area contributed by atoms with Gasteiger partial charge >= 0.3 is 0 Å². The summed E-state index contributed by atoms with van der Waals surface area (Å²) in [5, 5.41) is 0. The van der Waals surface area contributed by atoms with Crippen molar-refractivity contribution in [3.8, 4) is 0 Å². The Labute approximate surface area is 126 Å². The standard InChI is InChI=1S/C16H13NO5/c18-14-11-3-1-2-4-12(11)15(19)17(14)9-10-5-6-13(22-10)16-20-7-8-21-16/h1-6,16H,7-9H2. The average molecular weight is 299 g/mol. The van der Waals surface area contributed by atoms with Crippen LogP contribution in [-0.2, 0) is 16.0 Å². The molecule has 2 amide bonds. The van der Waals surface area contributed by atoms with Crippen molar-refractivity contribution in [3.05, 3.63) is 59.0 Å². The molecule has 1 fully saturated rings. The Kier molecular flexibility index (Phi) is 3.06. The Morgan fingerprint density at radius 3 is 2.23 bits per heavy atom. The first-order chi connectivity index (χ1) is 10.7. The molecule has 0 aliphatic carbocycles. The molecule has 2 aliphatic heterocycles. The van der Waals surface area contributed by atoms with E-state index in [-0.39, 0.29) is 18.4 Å². The number of furan rings is 1. The van der Waals surface area contributed by atoms with Crippen molar-refractivity contribution >= 4 is 11.8 Å². The van der Waals surface area contributed by atoms with Gasteiger partial charge in [0.05, 0.1) is 30.9 Å². The van der Waals surface area contributed by atoms with Gasteiger partial charge in [-0.25, -0.2) is 0 Å². The van der Waals surface area contributed by atoms with Crippen molar-refractivity contribution in [2.75, 3.05) is 13.2 Å². The lowest BCUT2D eigenvalue weighted by Crippen LogP contribution is -2.28. The number of amides is 2. The molecule has 0 saturated carbocycles. The zero-order chi connectivity index (χ0) is 15.1. The third-order valence-electron chi connectivity index (χ3n) is 3.73. The first kappa shape index (κ1) is 13.2. The minimum Gasteiger partial charge on any atom is -0.459 e. The SMILES string of the molecule is O=C1c2ccccc2C(=O)N1Cc1ccc(C2OCCO2)o1. The lowest BCUT2D eigenvalue weighted by molar-refractivity contribution is -0.0595. The molecule has 112 valence electrons. The molecular formula is C16H13NO5. The number of imide groups is 1. The monoisotopic (exact) mass is 299 g/mol. The molecule has 2 aliphatic rings. The van der Waals surface area contributed by atoms with Gasteiger partial charge in [0.1, 0.15) is 5.76 Å². The van der Waals surface area contributed by atoms with Gasteiger partial charge < -0.3 is 13.9 Å². The topological polar surface area (TPSA) is 69.0 Å².